The van der Waals surface area contributed by atoms with E-state index >= 15 is 0 Å². The van der Waals surface area contributed by atoms with Gasteiger partial charge in [0.15, 0.2) is 0 Å². The quantitative estimate of drug-likeness (QED) is 0.892. The summed E-state index contributed by atoms with van der Waals surface area (Å²) in [5.41, 5.74) is 1.63. The monoisotopic (exact) mass is 265 g/mol. The van der Waals surface area contributed by atoms with E-state index in [9.17, 15) is 9.50 Å². The van der Waals surface area contributed by atoms with E-state index in [0.717, 1.165) is 25.1 Å². The molecule has 3 atom stereocenters. The highest BCUT2D eigenvalue weighted by Gasteiger charge is 2.37. The minimum Gasteiger partial charge on any atom is -0.389 e. The van der Waals surface area contributed by atoms with Gasteiger partial charge in [-0.05, 0) is 44.4 Å². The van der Waals surface area contributed by atoms with Crippen LogP contribution in [0.5, 0.6) is 0 Å². The van der Waals surface area contributed by atoms with Crippen LogP contribution in [-0.2, 0) is 4.74 Å². The lowest BCUT2D eigenvalue weighted by molar-refractivity contribution is 0.0254. The van der Waals surface area contributed by atoms with Crippen LogP contribution < -0.4 is 4.90 Å². The van der Waals surface area contributed by atoms with Crippen LogP contribution >= 0.6 is 0 Å². The first-order valence-electron chi connectivity index (χ1n) is 7.02. The van der Waals surface area contributed by atoms with Gasteiger partial charge in [-0.15, -0.1) is 0 Å². The maximum atomic E-state index is 13.4. The first kappa shape index (κ1) is 12.9. The van der Waals surface area contributed by atoms with Crippen molar-refractivity contribution in [2.75, 3.05) is 18.1 Å². The van der Waals surface area contributed by atoms with Crippen molar-refractivity contribution in [1.29, 1.82) is 0 Å². The van der Waals surface area contributed by atoms with E-state index in [2.05, 4.69) is 4.90 Å². The van der Waals surface area contributed by atoms with Gasteiger partial charge in [-0.25, -0.2) is 4.39 Å². The summed E-state index contributed by atoms with van der Waals surface area (Å²) in [5.74, 6) is -0.295. The molecule has 1 heterocycles. The average Bonchev–Trinajstić information content (AvgIpc) is 2.86. The zero-order valence-corrected chi connectivity index (χ0v) is 11.2. The minimum atomic E-state index is -0.659. The zero-order chi connectivity index (χ0) is 13.4. The van der Waals surface area contributed by atoms with E-state index in [-0.39, 0.29) is 5.82 Å². The Labute approximate surface area is 113 Å². The van der Waals surface area contributed by atoms with Crippen LogP contribution in [0.15, 0.2) is 18.2 Å². The summed E-state index contributed by atoms with van der Waals surface area (Å²) >= 11 is 0. The number of halogens is 1. The lowest BCUT2D eigenvalue weighted by Gasteiger charge is -2.40. The second-order valence-electron chi connectivity index (χ2n) is 5.48. The average molecular weight is 265 g/mol. The van der Waals surface area contributed by atoms with Gasteiger partial charge in [-0.2, -0.15) is 0 Å². The van der Waals surface area contributed by atoms with Crippen molar-refractivity contribution in [2.45, 2.75) is 44.4 Å². The number of hydrogen-bond donors (Lipinski definition) is 1. The van der Waals surface area contributed by atoms with E-state index in [1.165, 1.54) is 18.6 Å². The summed E-state index contributed by atoms with van der Waals surface area (Å²) in [6, 6.07) is 5.08. The SMILES string of the molecule is C[C@@H](O)c1cc(F)ccc1N1CCOC2CCCC21. The molecular formula is C15H20FNO2. The molecule has 1 N–H and O–H groups in total. The Bertz CT molecular complexity index is 463. The summed E-state index contributed by atoms with van der Waals surface area (Å²) in [6.45, 7) is 3.20. The van der Waals surface area contributed by atoms with Crippen molar-refractivity contribution in [1.82, 2.24) is 0 Å². The van der Waals surface area contributed by atoms with Crippen LogP contribution in [0.1, 0.15) is 37.9 Å². The summed E-state index contributed by atoms with van der Waals surface area (Å²) in [4.78, 5) is 2.29. The molecule has 1 aliphatic heterocycles. The molecule has 0 aromatic heterocycles. The fraction of sp³-hybridized carbons (Fsp3) is 0.600. The van der Waals surface area contributed by atoms with Crippen LogP contribution in [-0.4, -0.2) is 30.4 Å². The number of benzene rings is 1. The molecule has 0 radical (unpaired) electrons. The molecule has 0 bridgehead atoms. The third-order valence-electron chi connectivity index (χ3n) is 4.23. The first-order chi connectivity index (χ1) is 9.16. The molecular weight excluding hydrogens is 245 g/mol. The van der Waals surface area contributed by atoms with Crippen molar-refractivity contribution in [2.24, 2.45) is 0 Å². The zero-order valence-electron chi connectivity index (χ0n) is 11.2. The van der Waals surface area contributed by atoms with Gasteiger partial charge in [0.05, 0.1) is 24.9 Å². The topological polar surface area (TPSA) is 32.7 Å². The summed E-state index contributed by atoms with van der Waals surface area (Å²) in [7, 11) is 0. The Morgan fingerprint density at radius 1 is 1.42 bits per heavy atom. The molecule has 1 aromatic carbocycles. The Kier molecular flexibility index (Phi) is 3.46. The van der Waals surface area contributed by atoms with Gasteiger partial charge in [0.1, 0.15) is 5.82 Å². The number of nitrogens with zero attached hydrogens (tertiary/aromatic N) is 1. The fourth-order valence-corrected chi connectivity index (χ4v) is 3.35. The molecule has 1 aromatic rings. The van der Waals surface area contributed by atoms with E-state index in [4.69, 9.17) is 4.74 Å². The van der Waals surface area contributed by atoms with Gasteiger partial charge in [-0.3, -0.25) is 0 Å². The Morgan fingerprint density at radius 3 is 3.05 bits per heavy atom. The third kappa shape index (κ3) is 2.35. The van der Waals surface area contributed by atoms with Crippen molar-refractivity contribution in [3.8, 4) is 0 Å². The normalized spacial score (nSPS) is 28.3. The molecule has 2 fully saturated rings. The van der Waals surface area contributed by atoms with Crippen LogP contribution in [0.4, 0.5) is 10.1 Å². The van der Waals surface area contributed by atoms with E-state index in [1.54, 1.807) is 13.0 Å². The molecule has 1 aliphatic carbocycles. The third-order valence-corrected chi connectivity index (χ3v) is 4.23. The van der Waals surface area contributed by atoms with E-state index in [0.29, 0.717) is 24.3 Å². The molecule has 19 heavy (non-hydrogen) atoms. The number of aliphatic hydroxyl groups excluding tert-OH is 1. The molecule has 3 nitrogen and oxygen atoms in total. The van der Waals surface area contributed by atoms with Crippen molar-refractivity contribution in [3.05, 3.63) is 29.6 Å². The van der Waals surface area contributed by atoms with Gasteiger partial charge in [0, 0.05) is 17.8 Å². The second-order valence-corrected chi connectivity index (χ2v) is 5.48. The van der Waals surface area contributed by atoms with E-state index in [1.807, 2.05) is 0 Å². The Hall–Kier alpha value is -1.13. The summed E-state index contributed by atoms with van der Waals surface area (Å²) in [6.07, 6.45) is 3.03. The number of aliphatic hydroxyl groups is 1. The van der Waals surface area contributed by atoms with Crippen molar-refractivity contribution < 1.29 is 14.2 Å². The molecule has 1 saturated carbocycles. The van der Waals surface area contributed by atoms with Gasteiger partial charge < -0.3 is 14.7 Å². The van der Waals surface area contributed by atoms with Crippen LogP contribution in [0.3, 0.4) is 0 Å². The summed E-state index contributed by atoms with van der Waals surface area (Å²) in [5, 5.41) is 9.88. The molecule has 3 rings (SSSR count). The van der Waals surface area contributed by atoms with Crippen LogP contribution in [0, 0.1) is 5.82 Å². The largest absolute Gasteiger partial charge is 0.389 e. The van der Waals surface area contributed by atoms with Gasteiger partial charge in [-0.1, -0.05) is 0 Å². The molecule has 2 aliphatic rings. The van der Waals surface area contributed by atoms with Gasteiger partial charge in [0.25, 0.3) is 0 Å². The summed E-state index contributed by atoms with van der Waals surface area (Å²) < 4.78 is 19.2. The highest BCUT2D eigenvalue weighted by Crippen LogP contribution is 2.36. The van der Waals surface area contributed by atoms with Crippen LogP contribution in [0.2, 0.25) is 0 Å². The Balaban J connectivity index is 1.96. The number of rotatable bonds is 2. The van der Waals surface area contributed by atoms with Crippen molar-refractivity contribution >= 4 is 5.69 Å². The van der Waals surface area contributed by atoms with Crippen LogP contribution in [0.25, 0.3) is 0 Å². The molecule has 2 unspecified atom stereocenters. The highest BCUT2D eigenvalue weighted by atomic mass is 19.1. The number of anilines is 1. The van der Waals surface area contributed by atoms with E-state index < -0.39 is 6.10 Å². The van der Waals surface area contributed by atoms with Gasteiger partial charge >= 0.3 is 0 Å². The molecule has 4 heteroatoms. The van der Waals surface area contributed by atoms with Crippen molar-refractivity contribution in [3.63, 3.8) is 0 Å². The fourth-order valence-electron chi connectivity index (χ4n) is 3.35. The molecule has 0 spiro atoms. The number of morpholine rings is 1. The smallest absolute Gasteiger partial charge is 0.123 e. The lowest BCUT2D eigenvalue weighted by atomic mass is 10.0. The molecule has 104 valence electrons. The lowest BCUT2D eigenvalue weighted by Crippen LogP contribution is -2.49. The number of ether oxygens (including phenoxy) is 1. The highest BCUT2D eigenvalue weighted by molar-refractivity contribution is 5.56. The molecule has 1 saturated heterocycles. The second kappa shape index (κ2) is 5.10. The number of fused-ring (bicyclic) bond motifs is 1. The first-order valence-corrected chi connectivity index (χ1v) is 7.02. The predicted molar refractivity (Wildman–Crippen MR) is 71.8 cm³/mol. The predicted octanol–water partition coefficient (Wildman–Crippen LogP) is 2.64. The minimum absolute atomic E-state index is 0.292. The maximum absolute atomic E-state index is 13.4. The molecule has 0 amide bonds. The maximum Gasteiger partial charge on any atom is 0.123 e. The number of hydrogen-bond acceptors (Lipinski definition) is 3. The van der Waals surface area contributed by atoms with Gasteiger partial charge in [0.2, 0.25) is 0 Å². The Morgan fingerprint density at radius 2 is 2.26 bits per heavy atom. The standard InChI is InChI=1S/C15H20FNO2/c1-10(18)12-9-11(16)5-6-13(12)17-7-8-19-15-4-2-3-14(15)17/h5-6,9-10,14-15,18H,2-4,7-8H2,1H3/t10-,14?,15?/m1/s1.